The first-order valence-corrected chi connectivity index (χ1v) is 6.29. The van der Waals surface area contributed by atoms with E-state index in [1.807, 2.05) is 17.2 Å². The van der Waals surface area contributed by atoms with Gasteiger partial charge >= 0.3 is 5.97 Å². The molecule has 1 fully saturated rings. The van der Waals surface area contributed by atoms with Crippen molar-refractivity contribution in [1.82, 2.24) is 4.90 Å². The Morgan fingerprint density at radius 2 is 2.32 bits per heavy atom. The first-order chi connectivity index (χ1) is 9.06. The van der Waals surface area contributed by atoms with Crippen LogP contribution in [0.3, 0.4) is 0 Å². The van der Waals surface area contributed by atoms with Crippen LogP contribution in [0.15, 0.2) is 24.0 Å². The number of ether oxygens (including phenoxy) is 2. The highest BCUT2D eigenvalue weighted by Crippen LogP contribution is 2.26. The number of rotatable bonds is 4. The summed E-state index contributed by atoms with van der Waals surface area (Å²) < 4.78 is 10.7. The van der Waals surface area contributed by atoms with Gasteiger partial charge in [-0.1, -0.05) is 6.08 Å². The Hall–Kier alpha value is -1.82. The summed E-state index contributed by atoms with van der Waals surface area (Å²) in [6.07, 6.45) is 7.45. The number of allylic oxidation sites excluding steroid dienone is 1. The van der Waals surface area contributed by atoms with Gasteiger partial charge in [-0.3, -0.25) is 9.59 Å². The molecule has 1 saturated heterocycles. The average Bonchev–Trinajstić information content (AvgIpc) is 2.85. The summed E-state index contributed by atoms with van der Waals surface area (Å²) in [6, 6.07) is 0. The van der Waals surface area contributed by atoms with Crippen molar-refractivity contribution >= 4 is 11.9 Å². The standard InChI is InChI=1S/C13H18N2O4/c1-9(16)18-8-11-4-5-12(19-11)15-6-2-3-10(7-15)13(14)17/h2,6-7,11-12H,3-5,8H2,1H3,(H2,14,17)/t11-,12?/m0/s1. The lowest BCUT2D eigenvalue weighted by Gasteiger charge is -2.26. The summed E-state index contributed by atoms with van der Waals surface area (Å²) in [5.41, 5.74) is 5.83. The topological polar surface area (TPSA) is 81.9 Å². The molecule has 2 heterocycles. The van der Waals surface area contributed by atoms with Gasteiger partial charge in [0.25, 0.3) is 0 Å². The van der Waals surface area contributed by atoms with Gasteiger partial charge in [0.15, 0.2) is 0 Å². The van der Waals surface area contributed by atoms with Crippen LogP contribution in [0.1, 0.15) is 26.2 Å². The van der Waals surface area contributed by atoms with Gasteiger partial charge in [0.2, 0.25) is 5.91 Å². The fourth-order valence-electron chi connectivity index (χ4n) is 2.16. The monoisotopic (exact) mass is 266 g/mol. The van der Waals surface area contributed by atoms with E-state index in [0.29, 0.717) is 12.0 Å². The minimum absolute atomic E-state index is 0.0883. The molecule has 0 aliphatic carbocycles. The Morgan fingerprint density at radius 3 is 3.00 bits per heavy atom. The third-order valence-corrected chi connectivity index (χ3v) is 3.13. The smallest absolute Gasteiger partial charge is 0.302 e. The summed E-state index contributed by atoms with van der Waals surface area (Å²) in [4.78, 5) is 23.7. The van der Waals surface area contributed by atoms with Gasteiger partial charge in [-0.05, 0) is 19.3 Å². The van der Waals surface area contributed by atoms with Crippen LogP contribution >= 0.6 is 0 Å². The molecule has 19 heavy (non-hydrogen) atoms. The molecule has 2 rings (SSSR count). The zero-order valence-corrected chi connectivity index (χ0v) is 10.9. The van der Waals surface area contributed by atoms with Crippen molar-refractivity contribution in [2.45, 2.75) is 38.5 Å². The zero-order valence-electron chi connectivity index (χ0n) is 10.9. The van der Waals surface area contributed by atoms with Gasteiger partial charge in [-0.2, -0.15) is 0 Å². The van der Waals surface area contributed by atoms with Crippen LogP contribution in [0.5, 0.6) is 0 Å². The highest BCUT2D eigenvalue weighted by atomic mass is 16.6. The molecule has 0 aromatic carbocycles. The molecular formula is C13H18N2O4. The molecule has 0 bridgehead atoms. The number of nitrogens with zero attached hydrogens (tertiary/aromatic N) is 1. The molecule has 0 saturated carbocycles. The molecule has 6 heteroatoms. The van der Waals surface area contributed by atoms with E-state index in [1.54, 1.807) is 6.20 Å². The molecule has 6 nitrogen and oxygen atoms in total. The van der Waals surface area contributed by atoms with E-state index in [4.69, 9.17) is 15.2 Å². The van der Waals surface area contributed by atoms with E-state index >= 15 is 0 Å². The molecule has 0 radical (unpaired) electrons. The van der Waals surface area contributed by atoms with Crippen LogP contribution in [-0.4, -0.2) is 35.7 Å². The number of primary amides is 1. The average molecular weight is 266 g/mol. The number of esters is 1. The highest BCUT2D eigenvalue weighted by Gasteiger charge is 2.29. The summed E-state index contributed by atoms with van der Waals surface area (Å²) >= 11 is 0. The molecule has 0 aromatic rings. The minimum Gasteiger partial charge on any atom is -0.463 e. The number of amides is 1. The maximum atomic E-state index is 11.2. The van der Waals surface area contributed by atoms with E-state index in [0.717, 1.165) is 12.8 Å². The predicted molar refractivity (Wildman–Crippen MR) is 67.4 cm³/mol. The lowest BCUT2D eigenvalue weighted by molar-refractivity contribution is -0.146. The molecule has 0 aromatic heterocycles. The first kappa shape index (κ1) is 13.6. The molecular weight excluding hydrogens is 248 g/mol. The predicted octanol–water partition coefficient (Wildman–Crippen LogP) is 0.643. The number of hydrogen-bond acceptors (Lipinski definition) is 5. The number of hydrogen-bond donors (Lipinski definition) is 1. The largest absolute Gasteiger partial charge is 0.463 e. The molecule has 2 aliphatic rings. The molecule has 0 spiro atoms. The minimum atomic E-state index is -0.413. The van der Waals surface area contributed by atoms with E-state index in [-0.39, 0.29) is 24.9 Å². The van der Waals surface area contributed by atoms with Crippen molar-refractivity contribution in [3.8, 4) is 0 Å². The summed E-state index contributed by atoms with van der Waals surface area (Å²) in [7, 11) is 0. The van der Waals surface area contributed by atoms with Gasteiger partial charge in [-0.25, -0.2) is 0 Å². The van der Waals surface area contributed by atoms with E-state index < -0.39 is 5.91 Å². The zero-order chi connectivity index (χ0) is 13.8. The van der Waals surface area contributed by atoms with Crippen molar-refractivity contribution in [3.63, 3.8) is 0 Å². The van der Waals surface area contributed by atoms with Crippen molar-refractivity contribution < 1.29 is 19.1 Å². The van der Waals surface area contributed by atoms with Gasteiger partial charge < -0.3 is 20.1 Å². The molecule has 2 aliphatic heterocycles. The fraction of sp³-hybridized carbons (Fsp3) is 0.538. The van der Waals surface area contributed by atoms with Crippen molar-refractivity contribution in [3.05, 3.63) is 24.0 Å². The second-order valence-electron chi connectivity index (χ2n) is 4.65. The molecule has 104 valence electrons. The van der Waals surface area contributed by atoms with Gasteiger partial charge in [-0.15, -0.1) is 0 Å². The Kier molecular flexibility index (Phi) is 4.21. The summed E-state index contributed by atoms with van der Waals surface area (Å²) in [6.45, 7) is 1.65. The molecule has 2 N–H and O–H groups in total. The Labute approximate surface area is 111 Å². The summed E-state index contributed by atoms with van der Waals surface area (Å²) in [5, 5.41) is 0. The van der Waals surface area contributed by atoms with Crippen LogP contribution in [0, 0.1) is 0 Å². The Morgan fingerprint density at radius 1 is 1.53 bits per heavy atom. The molecule has 1 unspecified atom stereocenters. The third-order valence-electron chi connectivity index (χ3n) is 3.13. The highest BCUT2D eigenvalue weighted by molar-refractivity contribution is 5.92. The maximum Gasteiger partial charge on any atom is 0.302 e. The third kappa shape index (κ3) is 3.57. The van der Waals surface area contributed by atoms with Crippen LogP contribution in [0.2, 0.25) is 0 Å². The Balaban J connectivity index is 1.90. The van der Waals surface area contributed by atoms with Crippen molar-refractivity contribution in [2.75, 3.05) is 6.61 Å². The number of nitrogens with two attached hydrogens (primary N) is 1. The second-order valence-corrected chi connectivity index (χ2v) is 4.65. The van der Waals surface area contributed by atoms with Crippen molar-refractivity contribution in [1.29, 1.82) is 0 Å². The van der Waals surface area contributed by atoms with E-state index in [2.05, 4.69) is 0 Å². The molecule has 1 amide bonds. The quantitative estimate of drug-likeness (QED) is 0.755. The Bertz CT molecular complexity index is 430. The SMILES string of the molecule is CC(=O)OC[C@@H]1CCC(N2C=CCC(C(N)=O)=C2)O1. The van der Waals surface area contributed by atoms with Crippen LogP contribution in [0.4, 0.5) is 0 Å². The second kappa shape index (κ2) is 5.88. The first-order valence-electron chi connectivity index (χ1n) is 6.29. The molecule has 2 atom stereocenters. The van der Waals surface area contributed by atoms with Crippen molar-refractivity contribution in [2.24, 2.45) is 5.73 Å². The van der Waals surface area contributed by atoms with E-state index in [1.165, 1.54) is 6.92 Å². The normalized spacial score (nSPS) is 26.2. The summed E-state index contributed by atoms with van der Waals surface area (Å²) in [5.74, 6) is -0.718. The van der Waals surface area contributed by atoms with Crippen LogP contribution < -0.4 is 5.73 Å². The van der Waals surface area contributed by atoms with Crippen LogP contribution in [0.25, 0.3) is 0 Å². The maximum absolute atomic E-state index is 11.2. The van der Waals surface area contributed by atoms with E-state index in [9.17, 15) is 9.59 Å². The number of carbonyl (C=O) groups excluding carboxylic acids is 2. The van der Waals surface area contributed by atoms with Gasteiger partial charge in [0.05, 0.1) is 6.10 Å². The van der Waals surface area contributed by atoms with Crippen LogP contribution in [-0.2, 0) is 19.1 Å². The number of carbonyl (C=O) groups is 2. The van der Waals surface area contributed by atoms with Gasteiger partial charge in [0.1, 0.15) is 12.8 Å². The van der Waals surface area contributed by atoms with Gasteiger partial charge in [0, 0.05) is 24.9 Å². The lowest BCUT2D eigenvalue weighted by Crippen LogP contribution is -2.30. The fourth-order valence-corrected chi connectivity index (χ4v) is 2.16. The lowest BCUT2D eigenvalue weighted by atomic mass is 10.1.